The first kappa shape index (κ1) is 22.1. The van der Waals surface area contributed by atoms with Gasteiger partial charge in [0.25, 0.3) is 5.91 Å². The Morgan fingerprint density at radius 3 is 2.22 bits per heavy atom. The lowest BCUT2D eigenvalue weighted by atomic mass is 10.2. The molecular weight excluding hydrogens is 420 g/mol. The molecule has 2 aromatic carbocycles. The molecule has 0 atom stereocenters. The molecule has 0 radical (unpaired) electrons. The third-order valence-electron chi connectivity index (χ3n) is 5.46. The number of amides is 2. The summed E-state index contributed by atoms with van der Waals surface area (Å²) in [6, 6.07) is 23.3. The Morgan fingerprint density at radius 1 is 0.844 bits per heavy atom. The molecule has 2 amide bonds. The molecule has 1 heterocycles. The minimum absolute atomic E-state index is 0.0454. The summed E-state index contributed by atoms with van der Waals surface area (Å²) in [6.45, 7) is 1.68. The lowest BCUT2D eigenvalue weighted by Crippen LogP contribution is -2.44. The standard InChI is InChI=1S/C26H28N2O3S/c29-25(27(18-24-12-7-15-32-24)16-21-8-3-1-4-9-21)19-28(17-22-13-14-22)26(30)20-31-23-10-5-2-6-11-23/h1-12,15,22H,13-14,16-20H2. The Morgan fingerprint density at radius 2 is 1.56 bits per heavy atom. The second-order valence-electron chi connectivity index (χ2n) is 8.13. The molecule has 0 N–H and O–H groups in total. The molecule has 0 bridgehead atoms. The van der Waals surface area contributed by atoms with Crippen LogP contribution in [0.4, 0.5) is 0 Å². The minimum Gasteiger partial charge on any atom is -0.484 e. The summed E-state index contributed by atoms with van der Waals surface area (Å²) >= 11 is 1.64. The van der Waals surface area contributed by atoms with Crippen LogP contribution in [0.25, 0.3) is 0 Å². The van der Waals surface area contributed by atoms with E-state index >= 15 is 0 Å². The maximum absolute atomic E-state index is 13.4. The summed E-state index contributed by atoms with van der Waals surface area (Å²) in [5.74, 6) is 0.950. The van der Waals surface area contributed by atoms with Gasteiger partial charge < -0.3 is 14.5 Å². The van der Waals surface area contributed by atoms with Crippen LogP contribution in [0, 0.1) is 5.92 Å². The maximum Gasteiger partial charge on any atom is 0.260 e. The van der Waals surface area contributed by atoms with Crippen molar-refractivity contribution >= 4 is 23.2 Å². The number of hydrogen-bond acceptors (Lipinski definition) is 4. The van der Waals surface area contributed by atoms with E-state index in [4.69, 9.17) is 4.74 Å². The zero-order valence-electron chi connectivity index (χ0n) is 18.1. The highest BCUT2D eigenvalue weighted by atomic mass is 32.1. The van der Waals surface area contributed by atoms with Crippen LogP contribution in [0.2, 0.25) is 0 Å². The van der Waals surface area contributed by atoms with Crippen molar-refractivity contribution in [2.45, 2.75) is 25.9 Å². The zero-order valence-corrected chi connectivity index (χ0v) is 18.9. The molecule has 1 saturated carbocycles. The van der Waals surface area contributed by atoms with Crippen LogP contribution in [-0.4, -0.2) is 41.3 Å². The smallest absolute Gasteiger partial charge is 0.260 e. The zero-order chi connectivity index (χ0) is 22.2. The van der Waals surface area contributed by atoms with Crippen LogP contribution >= 0.6 is 11.3 Å². The van der Waals surface area contributed by atoms with Gasteiger partial charge in [-0.3, -0.25) is 9.59 Å². The fourth-order valence-electron chi connectivity index (χ4n) is 3.51. The van der Waals surface area contributed by atoms with Gasteiger partial charge in [-0.2, -0.15) is 0 Å². The highest BCUT2D eigenvalue weighted by Crippen LogP contribution is 2.30. The van der Waals surface area contributed by atoms with Crippen LogP contribution in [0.15, 0.2) is 78.2 Å². The summed E-state index contributed by atoms with van der Waals surface area (Å²) in [6.07, 6.45) is 2.22. The number of ether oxygens (including phenoxy) is 1. The van der Waals surface area contributed by atoms with Crippen LogP contribution < -0.4 is 4.74 Å². The normalized spacial score (nSPS) is 12.9. The van der Waals surface area contributed by atoms with E-state index < -0.39 is 0 Å². The molecule has 5 nitrogen and oxygen atoms in total. The highest BCUT2D eigenvalue weighted by molar-refractivity contribution is 7.09. The molecule has 0 saturated heterocycles. The number of hydrogen-bond donors (Lipinski definition) is 0. The van der Waals surface area contributed by atoms with E-state index in [9.17, 15) is 9.59 Å². The van der Waals surface area contributed by atoms with E-state index in [1.54, 1.807) is 16.2 Å². The van der Waals surface area contributed by atoms with Gasteiger partial charge >= 0.3 is 0 Å². The third-order valence-corrected chi connectivity index (χ3v) is 6.32. The Bertz CT molecular complexity index is 988. The number of para-hydroxylation sites is 1. The Kier molecular flexibility index (Phi) is 7.56. The van der Waals surface area contributed by atoms with E-state index in [0.29, 0.717) is 31.3 Å². The van der Waals surface area contributed by atoms with E-state index in [1.165, 1.54) is 0 Å². The predicted octanol–water partition coefficient (Wildman–Crippen LogP) is 4.59. The van der Waals surface area contributed by atoms with Gasteiger partial charge in [0.2, 0.25) is 5.91 Å². The fraction of sp³-hybridized carbons (Fsp3) is 0.308. The van der Waals surface area contributed by atoms with Gasteiger partial charge in [0.05, 0.1) is 13.1 Å². The lowest BCUT2D eigenvalue weighted by molar-refractivity contribution is -0.142. The van der Waals surface area contributed by atoms with E-state index in [1.807, 2.05) is 83.1 Å². The van der Waals surface area contributed by atoms with Crippen molar-refractivity contribution in [2.75, 3.05) is 19.7 Å². The minimum atomic E-state index is -0.148. The summed E-state index contributed by atoms with van der Waals surface area (Å²) < 4.78 is 5.66. The molecule has 166 valence electrons. The number of rotatable bonds is 11. The van der Waals surface area contributed by atoms with Gasteiger partial charge in [0.15, 0.2) is 6.61 Å². The topological polar surface area (TPSA) is 49.9 Å². The monoisotopic (exact) mass is 448 g/mol. The Balaban J connectivity index is 1.42. The summed E-state index contributed by atoms with van der Waals surface area (Å²) in [5, 5.41) is 2.02. The highest BCUT2D eigenvalue weighted by Gasteiger charge is 2.29. The van der Waals surface area contributed by atoms with Gasteiger partial charge in [-0.05, 0) is 47.9 Å². The third kappa shape index (κ3) is 6.69. The van der Waals surface area contributed by atoms with Crippen molar-refractivity contribution in [3.05, 3.63) is 88.6 Å². The molecule has 1 aromatic heterocycles. The van der Waals surface area contributed by atoms with Crippen molar-refractivity contribution < 1.29 is 14.3 Å². The first-order valence-corrected chi connectivity index (χ1v) is 11.8. The molecule has 32 heavy (non-hydrogen) atoms. The molecule has 0 spiro atoms. The molecular formula is C26H28N2O3S. The van der Waals surface area contributed by atoms with Crippen molar-refractivity contribution in [3.63, 3.8) is 0 Å². The van der Waals surface area contributed by atoms with Crippen molar-refractivity contribution in [3.8, 4) is 5.75 Å². The Labute approximate surface area is 193 Å². The fourth-order valence-corrected chi connectivity index (χ4v) is 4.23. The Hall–Kier alpha value is -3.12. The molecule has 4 rings (SSSR count). The largest absolute Gasteiger partial charge is 0.484 e. The quantitative estimate of drug-likeness (QED) is 0.431. The average molecular weight is 449 g/mol. The summed E-state index contributed by atoms with van der Waals surface area (Å²) in [5.41, 5.74) is 1.07. The van der Waals surface area contributed by atoms with E-state index in [0.717, 1.165) is 23.3 Å². The molecule has 1 aliphatic rings. The molecule has 1 fully saturated rings. The van der Waals surface area contributed by atoms with Crippen LogP contribution in [-0.2, 0) is 22.7 Å². The van der Waals surface area contributed by atoms with Crippen molar-refractivity contribution in [2.24, 2.45) is 5.92 Å². The molecule has 3 aromatic rings. The van der Waals surface area contributed by atoms with Gasteiger partial charge in [0, 0.05) is 18.0 Å². The molecule has 0 unspecified atom stereocenters. The number of benzene rings is 2. The number of nitrogens with zero attached hydrogens (tertiary/aromatic N) is 2. The predicted molar refractivity (Wildman–Crippen MR) is 126 cm³/mol. The number of carbonyl (C=O) groups excluding carboxylic acids is 2. The maximum atomic E-state index is 13.4. The average Bonchev–Trinajstić information content (AvgIpc) is 3.49. The first-order valence-electron chi connectivity index (χ1n) is 11.0. The van der Waals surface area contributed by atoms with Gasteiger partial charge in [-0.15, -0.1) is 11.3 Å². The van der Waals surface area contributed by atoms with Crippen molar-refractivity contribution in [1.29, 1.82) is 0 Å². The van der Waals surface area contributed by atoms with Gasteiger partial charge in [-0.1, -0.05) is 54.6 Å². The summed E-state index contributed by atoms with van der Waals surface area (Å²) in [4.78, 5) is 30.9. The molecule has 6 heteroatoms. The molecule has 1 aliphatic carbocycles. The van der Waals surface area contributed by atoms with Gasteiger partial charge in [-0.25, -0.2) is 0 Å². The lowest BCUT2D eigenvalue weighted by Gasteiger charge is -2.28. The van der Waals surface area contributed by atoms with Gasteiger partial charge in [0.1, 0.15) is 5.75 Å². The second-order valence-corrected chi connectivity index (χ2v) is 9.17. The second kappa shape index (κ2) is 11.0. The van der Waals surface area contributed by atoms with Crippen LogP contribution in [0.1, 0.15) is 23.3 Å². The van der Waals surface area contributed by atoms with Crippen molar-refractivity contribution in [1.82, 2.24) is 9.80 Å². The van der Waals surface area contributed by atoms with E-state index in [-0.39, 0.29) is 25.0 Å². The van der Waals surface area contributed by atoms with Crippen LogP contribution in [0.3, 0.4) is 0 Å². The summed E-state index contributed by atoms with van der Waals surface area (Å²) in [7, 11) is 0. The van der Waals surface area contributed by atoms with E-state index in [2.05, 4.69) is 0 Å². The SMILES string of the molecule is O=C(CN(CC1CC1)C(=O)COc1ccccc1)N(Cc1ccccc1)Cc1cccs1. The number of thiophene rings is 1. The first-order chi connectivity index (χ1) is 15.7. The van der Waals surface area contributed by atoms with Crippen LogP contribution in [0.5, 0.6) is 5.75 Å². The number of carbonyl (C=O) groups is 2. The molecule has 0 aliphatic heterocycles.